The van der Waals surface area contributed by atoms with Crippen LogP contribution in [0.15, 0.2) is 24.5 Å². The third-order valence-electron chi connectivity index (χ3n) is 2.87. The maximum atomic E-state index is 10.1. The number of pyridine rings is 1. The van der Waals surface area contributed by atoms with Gasteiger partial charge in [0.25, 0.3) is 0 Å². The standard InChI is InChI=1S/C12H17N3O2/c1-13-5-4-10(16)11(17)8-2-6-14-12-9(8)3-7-15-12/h2-3,6-7,10-11,13,16-17H,4-5H2,1H3,(H,14,15). The Hall–Kier alpha value is -1.43. The number of rotatable bonds is 5. The van der Waals surface area contributed by atoms with Gasteiger partial charge in [-0.15, -0.1) is 0 Å². The summed E-state index contributed by atoms with van der Waals surface area (Å²) >= 11 is 0. The lowest BCUT2D eigenvalue weighted by molar-refractivity contribution is 0.0148. The molecule has 2 aromatic rings. The fourth-order valence-electron chi connectivity index (χ4n) is 1.90. The third-order valence-corrected chi connectivity index (χ3v) is 2.87. The van der Waals surface area contributed by atoms with Crippen LogP contribution >= 0.6 is 0 Å². The van der Waals surface area contributed by atoms with E-state index in [1.165, 1.54) is 0 Å². The minimum atomic E-state index is -0.885. The van der Waals surface area contributed by atoms with Gasteiger partial charge in [0.1, 0.15) is 11.8 Å². The first-order chi connectivity index (χ1) is 8.24. The molecule has 0 amide bonds. The molecule has 0 radical (unpaired) electrons. The molecule has 2 unspecified atom stereocenters. The lowest BCUT2D eigenvalue weighted by Gasteiger charge is -2.18. The molecule has 92 valence electrons. The van der Waals surface area contributed by atoms with Gasteiger partial charge in [0.15, 0.2) is 0 Å². The van der Waals surface area contributed by atoms with E-state index in [4.69, 9.17) is 0 Å². The zero-order valence-electron chi connectivity index (χ0n) is 9.72. The Morgan fingerprint density at radius 1 is 1.41 bits per heavy atom. The van der Waals surface area contributed by atoms with Crippen LogP contribution in [0.1, 0.15) is 18.1 Å². The van der Waals surface area contributed by atoms with Crippen LogP contribution in [-0.2, 0) is 0 Å². The van der Waals surface area contributed by atoms with Crippen molar-refractivity contribution in [2.24, 2.45) is 0 Å². The number of aliphatic hydroxyl groups is 2. The van der Waals surface area contributed by atoms with E-state index in [-0.39, 0.29) is 0 Å². The zero-order chi connectivity index (χ0) is 12.3. The monoisotopic (exact) mass is 235 g/mol. The maximum Gasteiger partial charge on any atom is 0.137 e. The van der Waals surface area contributed by atoms with Gasteiger partial charge in [-0.3, -0.25) is 0 Å². The maximum absolute atomic E-state index is 10.1. The Labute approximate surface area is 99.5 Å². The van der Waals surface area contributed by atoms with E-state index >= 15 is 0 Å². The van der Waals surface area contributed by atoms with Crippen LogP contribution in [0.2, 0.25) is 0 Å². The van der Waals surface area contributed by atoms with Crippen molar-refractivity contribution in [1.82, 2.24) is 15.3 Å². The topological polar surface area (TPSA) is 81.2 Å². The molecule has 2 aromatic heterocycles. The van der Waals surface area contributed by atoms with E-state index in [1.807, 2.05) is 13.1 Å². The average molecular weight is 235 g/mol. The molecule has 0 saturated carbocycles. The highest BCUT2D eigenvalue weighted by Crippen LogP contribution is 2.25. The normalized spacial score (nSPS) is 15.0. The van der Waals surface area contributed by atoms with Crippen molar-refractivity contribution in [3.8, 4) is 0 Å². The molecule has 17 heavy (non-hydrogen) atoms. The third kappa shape index (κ3) is 2.46. The van der Waals surface area contributed by atoms with Crippen molar-refractivity contribution in [3.05, 3.63) is 30.1 Å². The van der Waals surface area contributed by atoms with Gasteiger partial charge in [-0.05, 0) is 37.7 Å². The summed E-state index contributed by atoms with van der Waals surface area (Å²) < 4.78 is 0. The molecular weight excluding hydrogens is 218 g/mol. The van der Waals surface area contributed by atoms with Crippen LogP contribution in [0, 0.1) is 0 Å². The Kier molecular flexibility index (Phi) is 3.73. The van der Waals surface area contributed by atoms with Crippen molar-refractivity contribution in [1.29, 1.82) is 0 Å². The number of H-pyrrole nitrogens is 1. The average Bonchev–Trinajstić information content (AvgIpc) is 2.82. The minimum Gasteiger partial charge on any atom is -0.390 e. The van der Waals surface area contributed by atoms with E-state index in [1.54, 1.807) is 18.5 Å². The molecule has 0 spiro atoms. The second-order valence-corrected chi connectivity index (χ2v) is 4.04. The van der Waals surface area contributed by atoms with Crippen molar-refractivity contribution in [3.63, 3.8) is 0 Å². The van der Waals surface area contributed by atoms with E-state index in [0.29, 0.717) is 18.5 Å². The fraction of sp³-hybridized carbons (Fsp3) is 0.417. The highest BCUT2D eigenvalue weighted by molar-refractivity contribution is 5.79. The van der Waals surface area contributed by atoms with Crippen LogP contribution in [0.4, 0.5) is 0 Å². The van der Waals surface area contributed by atoms with E-state index in [9.17, 15) is 10.2 Å². The molecule has 5 nitrogen and oxygen atoms in total. The number of hydrogen-bond acceptors (Lipinski definition) is 4. The second-order valence-electron chi connectivity index (χ2n) is 4.04. The number of aromatic nitrogens is 2. The lowest BCUT2D eigenvalue weighted by Crippen LogP contribution is -2.23. The number of nitrogens with one attached hydrogen (secondary N) is 2. The predicted molar refractivity (Wildman–Crippen MR) is 65.6 cm³/mol. The summed E-state index contributed by atoms with van der Waals surface area (Å²) in [6, 6.07) is 3.59. The zero-order valence-corrected chi connectivity index (χ0v) is 9.72. The van der Waals surface area contributed by atoms with Crippen molar-refractivity contribution in [2.45, 2.75) is 18.6 Å². The van der Waals surface area contributed by atoms with E-state index in [0.717, 1.165) is 11.0 Å². The SMILES string of the molecule is CNCCC(O)C(O)c1ccnc2[nH]ccc12. The molecule has 2 rings (SSSR count). The van der Waals surface area contributed by atoms with Gasteiger partial charge in [0.05, 0.1) is 6.10 Å². The molecule has 0 aliphatic rings. The summed E-state index contributed by atoms with van der Waals surface area (Å²) in [4.78, 5) is 7.13. The van der Waals surface area contributed by atoms with Gasteiger partial charge in [0.2, 0.25) is 0 Å². The highest BCUT2D eigenvalue weighted by atomic mass is 16.3. The van der Waals surface area contributed by atoms with Gasteiger partial charge in [0, 0.05) is 17.8 Å². The Morgan fingerprint density at radius 3 is 3.00 bits per heavy atom. The first kappa shape index (κ1) is 12.0. The molecule has 5 heteroatoms. The Balaban J connectivity index is 2.23. The van der Waals surface area contributed by atoms with Crippen LogP contribution < -0.4 is 5.32 Å². The minimum absolute atomic E-state index is 0.506. The summed E-state index contributed by atoms with van der Waals surface area (Å²) in [6.07, 6.45) is 2.25. The quantitative estimate of drug-likeness (QED) is 0.610. The molecule has 4 N–H and O–H groups in total. The fourth-order valence-corrected chi connectivity index (χ4v) is 1.90. The molecule has 2 atom stereocenters. The van der Waals surface area contributed by atoms with Gasteiger partial charge in [-0.1, -0.05) is 0 Å². The van der Waals surface area contributed by atoms with Gasteiger partial charge in [-0.2, -0.15) is 0 Å². The lowest BCUT2D eigenvalue weighted by atomic mass is 10.0. The number of nitrogens with zero attached hydrogens (tertiary/aromatic N) is 1. The van der Waals surface area contributed by atoms with Gasteiger partial charge in [-0.25, -0.2) is 4.98 Å². The number of aliphatic hydroxyl groups excluding tert-OH is 2. The largest absolute Gasteiger partial charge is 0.390 e. The predicted octanol–water partition coefficient (Wildman–Crippen LogP) is 0.567. The molecule has 0 bridgehead atoms. The molecule has 2 heterocycles. The smallest absolute Gasteiger partial charge is 0.137 e. The molecular formula is C12H17N3O2. The summed E-state index contributed by atoms with van der Waals surface area (Å²) in [5.41, 5.74) is 1.43. The highest BCUT2D eigenvalue weighted by Gasteiger charge is 2.20. The summed E-state index contributed by atoms with van der Waals surface area (Å²) in [5, 5.41) is 23.8. The molecule has 0 aliphatic carbocycles. The second kappa shape index (κ2) is 5.27. The summed E-state index contributed by atoms with van der Waals surface area (Å²) in [7, 11) is 1.82. The van der Waals surface area contributed by atoms with Gasteiger partial charge >= 0.3 is 0 Å². The first-order valence-electron chi connectivity index (χ1n) is 5.66. The van der Waals surface area contributed by atoms with Crippen LogP contribution in [0.3, 0.4) is 0 Å². The first-order valence-corrected chi connectivity index (χ1v) is 5.66. The Bertz CT molecular complexity index is 483. The van der Waals surface area contributed by atoms with Crippen LogP contribution in [0.5, 0.6) is 0 Å². The van der Waals surface area contributed by atoms with Crippen LogP contribution in [0.25, 0.3) is 11.0 Å². The van der Waals surface area contributed by atoms with Crippen molar-refractivity contribution >= 4 is 11.0 Å². The van der Waals surface area contributed by atoms with Crippen molar-refractivity contribution < 1.29 is 10.2 Å². The van der Waals surface area contributed by atoms with Crippen LogP contribution in [-0.4, -0.2) is 39.9 Å². The van der Waals surface area contributed by atoms with E-state index < -0.39 is 12.2 Å². The molecule has 0 fully saturated rings. The summed E-state index contributed by atoms with van der Waals surface area (Å²) in [5.74, 6) is 0. The molecule has 0 saturated heterocycles. The summed E-state index contributed by atoms with van der Waals surface area (Å²) in [6.45, 7) is 0.666. The molecule has 0 aromatic carbocycles. The van der Waals surface area contributed by atoms with Gasteiger partial charge < -0.3 is 20.5 Å². The molecule has 0 aliphatic heterocycles. The van der Waals surface area contributed by atoms with E-state index in [2.05, 4.69) is 15.3 Å². The number of aromatic amines is 1. The Morgan fingerprint density at radius 2 is 2.24 bits per heavy atom. The number of hydrogen-bond donors (Lipinski definition) is 4. The number of fused-ring (bicyclic) bond motifs is 1. The van der Waals surface area contributed by atoms with Crippen molar-refractivity contribution in [2.75, 3.05) is 13.6 Å².